The smallest absolute Gasteiger partial charge is 0.262 e. The predicted octanol–water partition coefficient (Wildman–Crippen LogP) is 3.48. The van der Waals surface area contributed by atoms with Gasteiger partial charge in [-0.2, -0.15) is 0 Å². The Morgan fingerprint density at radius 1 is 1.12 bits per heavy atom. The Morgan fingerprint density at radius 3 is 2.48 bits per heavy atom. The third-order valence-corrected chi connectivity index (χ3v) is 5.62. The van der Waals surface area contributed by atoms with E-state index >= 15 is 0 Å². The van der Waals surface area contributed by atoms with E-state index in [0.717, 1.165) is 53.6 Å². The molecule has 0 aliphatic carbocycles. The summed E-state index contributed by atoms with van der Waals surface area (Å²) >= 11 is 1.52. The zero-order valence-corrected chi connectivity index (χ0v) is 15.2. The normalized spacial score (nSPS) is 14.2. The quantitative estimate of drug-likeness (QED) is 0.724. The maximum atomic E-state index is 13.0. The van der Waals surface area contributed by atoms with E-state index in [0.29, 0.717) is 5.56 Å². The third kappa shape index (κ3) is 2.87. The van der Waals surface area contributed by atoms with Crippen molar-refractivity contribution in [3.05, 3.63) is 52.0 Å². The SMILES string of the molecule is Cc1csc(-c2cc(-c3ccncc3)c(N3CCCC3)n(C)c2=O)n1. The Bertz CT molecular complexity index is 955. The molecule has 25 heavy (non-hydrogen) atoms. The molecule has 4 heterocycles. The molecule has 0 atom stereocenters. The van der Waals surface area contributed by atoms with Crippen molar-refractivity contribution in [2.24, 2.45) is 7.05 Å². The van der Waals surface area contributed by atoms with Gasteiger partial charge >= 0.3 is 0 Å². The monoisotopic (exact) mass is 352 g/mol. The highest BCUT2D eigenvalue weighted by molar-refractivity contribution is 7.13. The predicted molar refractivity (Wildman–Crippen MR) is 102 cm³/mol. The summed E-state index contributed by atoms with van der Waals surface area (Å²) in [7, 11) is 1.87. The van der Waals surface area contributed by atoms with Gasteiger partial charge in [-0.1, -0.05) is 0 Å². The molecular weight excluding hydrogens is 332 g/mol. The minimum atomic E-state index is 0.00839. The summed E-state index contributed by atoms with van der Waals surface area (Å²) in [6, 6.07) is 6.00. The van der Waals surface area contributed by atoms with Crippen LogP contribution >= 0.6 is 11.3 Å². The van der Waals surface area contributed by atoms with Gasteiger partial charge in [0.2, 0.25) is 0 Å². The standard InChI is InChI=1S/C19H20N4OS/c1-13-12-25-17(21-13)16-11-15(14-5-7-20-8-6-14)18(22(2)19(16)24)23-9-3-4-10-23/h5-8,11-12H,3-4,9-10H2,1-2H3. The molecule has 0 spiro atoms. The van der Waals surface area contributed by atoms with E-state index in [1.54, 1.807) is 17.0 Å². The van der Waals surface area contributed by atoms with Crippen molar-refractivity contribution in [3.63, 3.8) is 0 Å². The van der Waals surface area contributed by atoms with Gasteiger partial charge in [-0.25, -0.2) is 4.98 Å². The van der Waals surface area contributed by atoms with Crippen molar-refractivity contribution >= 4 is 17.2 Å². The molecular formula is C19H20N4OS. The number of thiazole rings is 1. The Morgan fingerprint density at radius 2 is 1.84 bits per heavy atom. The Hall–Kier alpha value is -2.47. The molecule has 0 amide bonds. The molecule has 1 aliphatic heterocycles. The van der Waals surface area contributed by atoms with Crippen LogP contribution in [0.2, 0.25) is 0 Å². The summed E-state index contributed by atoms with van der Waals surface area (Å²) in [4.78, 5) is 24.0. The largest absolute Gasteiger partial charge is 0.357 e. The molecule has 0 N–H and O–H groups in total. The van der Waals surface area contributed by atoms with Crippen LogP contribution in [0.15, 0.2) is 40.8 Å². The van der Waals surface area contributed by atoms with Gasteiger partial charge < -0.3 is 4.90 Å². The van der Waals surface area contributed by atoms with Crippen molar-refractivity contribution in [3.8, 4) is 21.7 Å². The molecule has 3 aromatic heterocycles. The minimum Gasteiger partial charge on any atom is -0.357 e. The van der Waals surface area contributed by atoms with Gasteiger partial charge in [-0.3, -0.25) is 14.3 Å². The molecule has 3 aromatic rings. The fraction of sp³-hybridized carbons (Fsp3) is 0.316. The lowest BCUT2D eigenvalue weighted by molar-refractivity contribution is 0.803. The van der Waals surface area contributed by atoms with E-state index < -0.39 is 0 Å². The van der Waals surface area contributed by atoms with Gasteiger partial charge in [0.1, 0.15) is 10.8 Å². The number of aryl methyl sites for hydroxylation is 1. The first-order chi connectivity index (χ1) is 12.1. The van der Waals surface area contributed by atoms with Crippen molar-refractivity contribution in [2.75, 3.05) is 18.0 Å². The number of hydrogen-bond donors (Lipinski definition) is 0. The van der Waals surface area contributed by atoms with E-state index in [4.69, 9.17) is 0 Å². The number of aromatic nitrogens is 3. The van der Waals surface area contributed by atoms with E-state index in [1.165, 1.54) is 11.3 Å². The van der Waals surface area contributed by atoms with Gasteiger partial charge in [-0.15, -0.1) is 11.3 Å². The van der Waals surface area contributed by atoms with Crippen LogP contribution in [0, 0.1) is 6.92 Å². The summed E-state index contributed by atoms with van der Waals surface area (Å²) in [5.41, 5.74) is 3.75. The zero-order valence-electron chi connectivity index (χ0n) is 14.4. The molecule has 0 unspecified atom stereocenters. The van der Waals surface area contributed by atoms with Crippen molar-refractivity contribution < 1.29 is 0 Å². The number of hydrogen-bond acceptors (Lipinski definition) is 5. The van der Waals surface area contributed by atoms with Crippen molar-refractivity contribution in [1.29, 1.82) is 0 Å². The lowest BCUT2D eigenvalue weighted by atomic mass is 10.0. The van der Waals surface area contributed by atoms with Crippen LogP contribution in [-0.2, 0) is 7.05 Å². The fourth-order valence-corrected chi connectivity index (χ4v) is 4.22. The van der Waals surface area contributed by atoms with E-state index in [1.807, 2.05) is 37.6 Å². The lowest BCUT2D eigenvalue weighted by Gasteiger charge is -2.25. The average molecular weight is 352 g/mol. The van der Waals surface area contributed by atoms with Crippen LogP contribution in [0.4, 0.5) is 5.82 Å². The molecule has 0 saturated carbocycles. The van der Waals surface area contributed by atoms with Crippen LogP contribution in [0.25, 0.3) is 21.7 Å². The molecule has 0 bridgehead atoms. The number of pyridine rings is 2. The highest BCUT2D eigenvalue weighted by atomic mass is 32.1. The van der Waals surface area contributed by atoms with Crippen molar-refractivity contribution in [2.45, 2.75) is 19.8 Å². The fourth-order valence-electron chi connectivity index (χ4n) is 3.41. The molecule has 0 aromatic carbocycles. The second-order valence-corrected chi connectivity index (χ2v) is 7.24. The second kappa shape index (κ2) is 6.44. The van der Waals surface area contributed by atoms with Crippen LogP contribution in [0.5, 0.6) is 0 Å². The number of anilines is 1. The third-order valence-electron chi connectivity index (χ3n) is 4.63. The highest BCUT2D eigenvalue weighted by Gasteiger charge is 2.23. The van der Waals surface area contributed by atoms with E-state index in [2.05, 4.69) is 14.9 Å². The van der Waals surface area contributed by atoms with E-state index in [-0.39, 0.29) is 5.56 Å². The maximum Gasteiger partial charge on any atom is 0.262 e. The highest BCUT2D eigenvalue weighted by Crippen LogP contribution is 2.34. The molecule has 128 valence electrons. The van der Waals surface area contributed by atoms with Gasteiger partial charge in [-0.05, 0) is 43.5 Å². The maximum absolute atomic E-state index is 13.0. The average Bonchev–Trinajstić information content (AvgIpc) is 3.29. The van der Waals surface area contributed by atoms with Crippen LogP contribution in [0.3, 0.4) is 0 Å². The van der Waals surface area contributed by atoms with Gasteiger partial charge in [0.15, 0.2) is 0 Å². The number of nitrogens with zero attached hydrogens (tertiary/aromatic N) is 4. The van der Waals surface area contributed by atoms with E-state index in [9.17, 15) is 4.79 Å². The topological polar surface area (TPSA) is 51.0 Å². The molecule has 4 rings (SSSR count). The first kappa shape index (κ1) is 16.0. The molecule has 6 heteroatoms. The molecule has 0 radical (unpaired) electrons. The van der Waals surface area contributed by atoms with Crippen LogP contribution < -0.4 is 10.5 Å². The second-order valence-electron chi connectivity index (χ2n) is 6.38. The summed E-state index contributed by atoms with van der Waals surface area (Å²) in [5.74, 6) is 0.991. The summed E-state index contributed by atoms with van der Waals surface area (Å²) in [6.07, 6.45) is 5.91. The lowest BCUT2D eigenvalue weighted by Crippen LogP contribution is -2.29. The minimum absolute atomic E-state index is 0.00839. The Balaban J connectivity index is 1.98. The molecule has 1 fully saturated rings. The van der Waals surface area contributed by atoms with Crippen molar-refractivity contribution in [1.82, 2.24) is 14.5 Å². The van der Waals surface area contributed by atoms with Crippen LogP contribution in [-0.4, -0.2) is 27.6 Å². The molecule has 5 nitrogen and oxygen atoms in total. The molecule has 1 saturated heterocycles. The summed E-state index contributed by atoms with van der Waals surface area (Å²) in [5, 5.41) is 2.76. The van der Waals surface area contributed by atoms with Gasteiger partial charge in [0.05, 0.1) is 5.56 Å². The Kier molecular flexibility index (Phi) is 4.13. The zero-order chi connectivity index (χ0) is 17.4. The van der Waals surface area contributed by atoms with Gasteiger partial charge in [0.25, 0.3) is 5.56 Å². The summed E-state index contributed by atoms with van der Waals surface area (Å²) in [6.45, 7) is 3.93. The molecule has 1 aliphatic rings. The van der Waals surface area contributed by atoms with Gasteiger partial charge in [0, 0.05) is 49.2 Å². The Labute approximate surface area is 150 Å². The van der Waals surface area contributed by atoms with Crippen LogP contribution in [0.1, 0.15) is 18.5 Å². The first-order valence-electron chi connectivity index (χ1n) is 8.47. The number of rotatable bonds is 3. The first-order valence-corrected chi connectivity index (χ1v) is 9.35. The summed E-state index contributed by atoms with van der Waals surface area (Å²) < 4.78 is 1.78.